The Morgan fingerprint density at radius 3 is 2.31 bits per heavy atom. The maximum atomic E-state index is 3.47. The zero-order chi connectivity index (χ0) is 8.93. The van der Waals surface area contributed by atoms with Crippen LogP contribution in [0.25, 0.3) is 0 Å². The largest absolute Gasteiger partial charge is 0.314 e. The summed E-state index contributed by atoms with van der Waals surface area (Å²) in [4.78, 5) is 2.66. The molecule has 0 aliphatic carbocycles. The minimum Gasteiger partial charge on any atom is -0.314 e. The Balaban J connectivity index is 1.61. The van der Waals surface area contributed by atoms with E-state index in [1.165, 1.54) is 64.7 Å². The lowest BCUT2D eigenvalue weighted by molar-refractivity contribution is 0.243. The number of hydrogen-bond donors (Lipinski definition) is 1. The average molecular weight is 182 g/mol. The molecule has 0 saturated carbocycles. The molecule has 1 atom stereocenters. The van der Waals surface area contributed by atoms with E-state index in [0.29, 0.717) is 0 Å². The zero-order valence-corrected chi connectivity index (χ0v) is 8.60. The van der Waals surface area contributed by atoms with E-state index < -0.39 is 0 Å². The van der Waals surface area contributed by atoms with Gasteiger partial charge in [0.15, 0.2) is 0 Å². The second kappa shape index (κ2) is 4.97. The first-order chi connectivity index (χ1) is 6.45. The van der Waals surface area contributed by atoms with Crippen molar-refractivity contribution < 1.29 is 0 Å². The van der Waals surface area contributed by atoms with Crippen LogP contribution < -0.4 is 5.32 Å². The molecule has 13 heavy (non-hydrogen) atoms. The summed E-state index contributed by atoms with van der Waals surface area (Å²) in [5, 5.41) is 3.47. The molecule has 0 spiro atoms. The summed E-state index contributed by atoms with van der Waals surface area (Å²) in [6, 6.07) is 0.850. The highest BCUT2D eigenvalue weighted by atomic mass is 15.1. The van der Waals surface area contributed by atoms with Crippen LogP contribution in [-0.4, -0.2) is 37.1 Å². The number of likely N-dealkylation sites (tertiary alicyclic amines) is 1. The molecular formula is C11H22N2. The Morgan fingerprint density at radius 2 is 1.77 bits per heavy atom. The molecule has 2 heteroatoms. The number of hydrogen-bond acceptors (Lipinski definition) is 2. The van der Waals surface area contributed by atoms with Crippen LogP contribution in [0.1, 0.15) is 38.5 Å². The van der Waals surface area contributed by atoms with Gasteiger partial charge in [-0.05, 0) is 51.9 Å². The molecule has 2 saturated heterocycles. The van der Waals surface area contributed by atoms with Crippen molar-refractivity contribution in [2.24, 2.45) is 0 Å². The average Bonchev–Trinajstić information content (AvgIpc) is 2.30. The third kappa shape index (κ3) is 2.96. The lowest BCUT2D eigenvalue weighted by Gasteiger charge is -2.30. The topological polar surface area (TPSA) is 15.3 Å². The summed E-state index contributed by atoms with van der Waals surface area (Å²) in [6.07, 6.45) is 8.56. The fourth-order valence-electron chi connectivity index (χ4n) is 2.29. The number of nitrogens with one attached hydrogen (secondary N) is 1. The molecule has 2 nitrogen and oxygen atoms in total. The smallest absolute Gasteiger partial charge is 0.00913 e. The summed E-state index contributed by atoms with van der Waals surface area (Å²) in [7, 11) is 0. The fraction of sp³-hybridized carbons (Fsp3) is 1.00. The van der Waals surface area contributed by atoms with Crippen molar-refractivity contribution in [1.29, 1.82) is 0 Å². The van der Waals surface area contributed by atoms with Gasteiger partial charge in [0.25, 0.3) is 0 Å². The highest BCUT2D eigenvalue weighted by molar-refractivity contribution is 4.78. The van der Waals surface area contributed by atoms with Crippen molar-refractivity contribution in [3.63, 3.8) is 0 Å². The second-order valence-electron chi connectivity index (χ2n) is 4.48. The summed E-state index contributed by atoms with van der Waals surface area (Å²) < 4.78 is 0. The molecule has 0 aromatic heterocycles. The van der Waals surface area contributed by atoms with E-state index in [1.54, 1.807) is 0 Å². The second-order valence-corrected chi connectivity index (χ2v) is 4.48. The van der Waals surface area contributed by atoms with Gasteiger partial charge in [0.2, 0.25) is 0 Å². The Labute approximate surface area is 81.7 Å². The highest BCUT2D eigenvalue weighted by Crippen LogP contribution is 2.12. The van der Waals surface area contributed by atoms with Gasteiger partial charge in [0.1, 0.15) is 0 Å². The molecule has 0 aromatic carbocycles. The minimum absolute atomic E-state index is 0.850. The van der Waals surface area contributed by atoms with E-state index in [0.717, 1.165) is 6.04 Å². The van der Waals surface area contributed by atoms with Gasteiger partial charge < -0.3 is 10.2 Å². The number of rotatable bonds is 3. The quantitative estimate of drug-likeness (QED) is 0.713. The van der Waals surface area contributed by atoms with E-state index in [4.69, 9.17) is 0 Å². The van der Waals surface area contributed by atoms with E-state index in [-0.39, 0.29) is 0 Å². The SMILES string of the molecule is C1CCCN(CCC2CCN2)CC1. The molecule has 0 bridgehead atoms. The standard InChI is InChI=1S/C11H22N2/c1-2-4-9-13(8-3-1)10-6-11-5-7-12-11/h11-12H,1-10H2. The summed E-state index contributed by atoms with van der Waals surface area (Å²) in [5.74, 6) is 0. The Bertz CT molecular complexity index is 135. The van der Waals surface area contributed by atoms with E-state index in [9.17, 15) is 0 Å². The van der Waals surface area contributed by atoms with Crippen LogP contribution >= 0.6 is 0 Å². The van der Waals surface area contributed by atoms with Crippen molar-refractivity contribution in [1.82, 2.24) is 10.2 Å². The first-order valence-electron chi connectivity index (χ1n) is 5.91. The van der Waals surface area contributed by atoms with E-state index in [1.807, 2.05) is 0 Å². The van der Waals surface area contributed by atoms with E-state index in [2.05, 4.69) is 10.2 Å². The molecule has 0 amide bonds. The predicted molar refractivity (Wildman–Crippen MR) is 55.9 cm³/mol. The lowest BCUT2D eigenvalue weighted by atomic mass is 10.0. The molecule has 2 aliphatic heterocycles. The van der Waals surface area contributed by atoms with E-state index >= 15 is 0 Å². The molecule has 0 aromatic rings. The van der Waals surface area contributed by atoms with Crippen LogP contribution in [-0.2, 0) is 0 Å². The number of nitrogens with zero attached hydrogens (tertiary/aromatic N) is 1. The zero-order valence-electron chi connectivity index (χ0n) is 8.60. The van der Waals surface area contributed by atoms with Gasteiger partial charge in [-0.15, -0.1) is 0 Å². The minimum atomic E-state index is 0.850. The van der Waals surface area contributed by atoms with Gasteiger partial charge in [-0.2, -0.15) is 0 Å². The highest BCUT2D eigenvalue weighted by Gasteiger charge is 2.17. The molecule has 2 aliphatic rings. The van der Waals surface area contributed by atoms with Gasteiger partial charge in [0.05, 0.1) is 0 Å². The molecule has 2 rings (SSSR count). The maximum absolute atomic E-state index is 3.47. The molecule has 1 unspecified atom stereocenters. The monoisotopic (exact) mass is 182 g/mol. The maximum Gasteiger partial charge on any atom is 0.00913 e. The Hall–Kier alpha value is -0.0800. The molecule has 2 heterocycles. The first kappa shape index (κ1) is 9.47. The van der Waals surface area contributed by atoms with Crippen LogP contribution in [0.3, 0.4) is 0 Å². The molecule has 2 fully saturated rings. The third-order valence-electron chi connectivity index (χ3n) is 3.42. The summed E-state index contributed by atoms with van der Waals surface area (Å²) >= 11 is 0. The van der Waals surface area contributed by atoms with Crippen molar-refractivity contribution in [3.8, 4) is 0 Å². The predicted octanol–water partition coefficient (Wildman–Crippen LogP) is 1.61. The van der Waals surface area contributed by atoms with Crippen molar-refractivity contribution >= 4 is 0 Å². The molecule has 0 radical (unpaired) electrons. The van der Waals surface area contributed by atoms with Crippen LogP contribution in [0.2, 0.25) is 0 Å². The molecule has 1 N–H and O–H groups in total. The van der Waals surface area contributed by atoms with Gasteiger partial charge in [0, 0.05) is 6.04 Å². The van der Waals surface area contributed by atoms with Gasteiger partial charge in [-0.25, -0.2) is 0 Å². The Morgan fingerprint density at radius 1 is 1.08 bits per heavy atom. The van der Waals surface area contributed by atoms with Gasteiger partial charge in [-0.3, -0.25) is 0 Å². The van der Waals surface area contributed by atoms with Crippen LogP contribution in [0.4, 0.5) is 0 Å². The third-order valence-corrected chi connectivity index (χ3v) is 3.42. The lowest BCUT2D eigenvalue weighted by Crippen LogP contribution is -2.44. The first-order valence-corrected chi connectivity index (χ1v) is 5.91. The fourth-order valence-corrected chi connectivity index (χ4v) is 2.29. The molecule has 76 valence electrons. The van der Waals surface area contributed by atoms with Crippen molar-refractivity contribution in [2.45, 2.75) is 44.6 Å². The normalized spacial score (nSPS) is 30.9. The van der Waals surface area contributed by atoms with Gasteiger partial charge >= 0.3 is 0 Å². The summed E-state index contributed by atoms with van der Waals surface area (Å²) in [6.45, 7) is 5.29. The van der Waals surface area contributed by atoms with Crippen molar-refractivity contribution in [3.05, 3.63) is 0 Å². The summed E-state index contributed by atoms with van der Waals surface area (Å²) in [5.41, 5.74) is 0. The molecular weight excluding hydrogens is 160 g/mol. The Kier molecular flexibility index (Phi) is 3.62. The van der Waals surface area contributed by atoms with Crippen LogP contribution in [0.5, 0.6) is 0 Å². The van der Waals surface area contributed by atoms with Crippen LogP contribution in [0.15, 0.2) is 0 Å². The van der Waals surface area contributed by atoms with Gasteiger partial charge in [-0.1, -0.05) is 12.8 Å². The van der Waals surface area contributed by atoms with Crippen molar-refractivity contribution in [2.75, 3.05) is 26.2 Å². The van der Waals surface area contributed by atoms with Crippen LogP contribution in [0, 0.1) is 0 Å².